The zero-order chi connectivity index (χ0) is 30.0. The molecule has 1 atom stereocenters. The van der Waals surface area contributed by atoms with Gasteiger partial charge in [-0.15, -0.1) is 0 Å². The van der Waals surface area contributed by atoms with Crippen molar-refractivity contribution in [2.75, 3.05) is 65.9 Å². The highest BCUT2D eigenvalue weighted by Gasteiger charge is 2.23. The lowest BCUT2D eigenvalue weighted by Gasteiger charge is -2.19. The molecule has 1 aromatic carbocycles. The molecule has 0 spiro atoms. The van der Waals surface area contributed by atoms with Crippen LogP contribution in [-0.2, 0) is 33.3 Å². The number of aliphatic hydroxyl groups is 1. The van der Waals surface area contributed by atoms with Crippen LogP contribution in [-0.4, -0.2) is 116 Å². The van der Waals surface area contributed by atoms with Crippen molar-refractivity contribution in [2.24, 2.45) is 5.10 Å². The summed E-state index contributed by atoms with van der Waals surface area (Å²) in [5.74, 6) is -1.98. The molecule has 1 aliphatic rings. The van der Waals surface area contributed by atoms with Crippen molar-refractivity contribution in [3.63, 3.8) is 0 Å². The summed E-state index contributed by atoms with van der Waals surface area (Å²) in [6.07, 6.45) is 2.96. The maximum Gasteiger partial charge on any atom is 0.248 e. The van der Waals surface area contributed by atoms with Crippen molar-refractivity contribution >= 4 is 47.1 Å². The van der Waals surface area contributed by atoms with Crippen LogP contribution in [0.2, 0.25) is 10.0 Å². The molecule has 3 amide bonds. The summed E-state index contributed by atoms with van der Waals surface area (Å²) < 4.78 is 21.4. The first-order valence-electron chi connectivity index (χ1n) is 12.7. The average Bonchev–Trinajstić information content (AvgIpc) is 3.26. The third-order valence-corrected chi connectivity index (χ3v) is 6.04. The molecule has 1 heterocycles. The number of nitrogens with zero attached hydrogens (tertiary/aromatic N) is 2. The zero-order valence-corrected chi connectivity index (χ0v) is 23.7. The largest absolute Gasteiger partial charge is 0.504 e. The van der Waals surface area contributed by atoms with E-state index in [4.69, 9.17) is 42.1 Å². The molecule has 0 aliphatic carbocycles. The lowest BCUT2D eigenvalue weighted by Crippen LogP contribution is -2.37. The number of rotatable bonds is 20. The van der Waals surface area contributed by atoms with E-state index in [0.29, 0.717) is 46.2 Å². The molecular weight excluding hydrogens is 587 g/mol. The molecule has 0 saturated heterocycles. The Bertz CT molecular complexity index is 1070. The van der Waals surface area contributed by atoms with Gasteiger partial charge in [-0.05, 0) is 6.08 Å². The first-order chi connectivity index (χ1) is 19.7. The second-order valence-corrected chi connectivity index (χ2v) is 9.14. The topological polar surface area (TPSA) is 188 Å². The van der Waals surface area contributed by atoms with E-state index in [0.717, 1.165) is 12.3 Å². The molecule has 228 valence electrons. The molecule has 0 saturated carbocycles. The number of hydrogen-bond donors (Lipinski definition) is 5. The Balaban J connectivity index is 1.35. The quantitative estimate of drug-likeness (QED) is 0.0595. The van der Waals surface area contributed by atoms with Crippen LogP contribution in [0.5, 0.6) is 11.5 Å². The van der Waals surface area contributed by atoms with Crippen molar-refractivity contribution < 1.29 is 48.7 Å². The van der Waals surface area contributed by atoms with Gasteiger partial charge in [-0.1, -0.05) is 23.2 Å². The maximum atomic E-state index is 11.8. The van der Waals surface area contributed by atoms with Crippen LogP contribution in [0, 0.1) is 0 Å². The summed E-state index contributed by atoms with van der Waals surface area (Å²) in [5.41, 5.74) is 2.42. The van der Waals surface area contributed by atoms with Crippen LogP contribution >= 0.6 is 23.2 Å². The van der Waals surface area contributed by atoms with Crippen LogP contribution in [0.15, 0.2) is 23.3 Å². The third-order valence-electron chi connectivity index (χ3n) is 5.34. The first-order valence-corrected chi connectivity index (χ1v) is 13.4. The van der Waals surface area contributed by atoms with Crippen LogP contribution in [0.4, 0.5) is 0 Å². The number of phenols is 2. The van der Waals surface area contributed by atoms with E-state index in [2.05, 4.69) is 15.8 Å². The first kappa shape index (κ1) is 34.2. The van der Waals surface area contributed by atoms with Crippen LogP contribution in [0.3, 0.4) is 0 Å². The third kappa shape index (κ3) is 13.0. The number of aromatic hydroxyl groups is 2. The summed E-state index contributed by atoms with van der Waals surface area (Å²) >= 11 is 11.8. The van der Waals surface area contributed by atoms with E-state index in [1.807, 2.05) is 0 Å². The lowest BCUT2D eigenvalue weighted by molar-refractivity contribution is -0.132. The molecule has 5 N–H and O–H groups in total. The Labute approximate surface area is 246 Å². The molecule has 16 heteroatoms. The molecule has 0 aromatic heterocycles. The minimum atomic E-state index is -0.977. The van der Waals surface area contributed by atoms with Gasteiger partial charge in [0.15, 0.2) is 11.5 Å². The highest BCUT2D eigenvalue weighted by Crippen LogP contribution is 2.39. The van der Waals surface area contributed by atoms with Gasteiger partial charge in [0, 0.05) is 37.2 Å². The maximum absolute atomic E-state index is 11.8. The minimum Gasteiger partial charge on any atom is -0.504 e. The number of aliphatic hydroxyl groups excluding tert-OH is 1. The Morgan fingerprint density at radius 3 is 2.17 bits per heavy atom. The SMILES string of the molecule is O=C(CCN1C(=O)C=CC1O)NCCOCCOCCOCCOCCC(=O)NN=Cc1c(Cl)cc(O)c(O)c1Cl. The van der Waals surface area contributed by atoms with E-state index in [1.54, 1.807) is 0 Å². The number of amides is 3. The van der Waals surface area contributed by atoms with E-state index < -0.39 is 23.6 Å². The zero-order valence-electron chi connectivity index (χ0n) is 22.2. The minimum absolute atomic E-state index is 0.0495. The highest BCUT2D eigenvalue weighted by molar-refractivity contribution is 6.39. The number of hydrogen-bond acceptors (Lipinski definition) is 11. The standard InChI is InChI=1S/C25H34Cl2N4O10/c26-18-15-19(32)25(37)24(27)17(18)16-29-30-21(34)4-7-38-9-11-40-13-14-41-12-10-39-8-5-28-20(33)3-6-31-22(35)1-2-23(31)36/h1-2,15-16,22,32,35,37H,3-14H2,(H,28,33)(H,30,34). The predicted octanol–water partition coefficient (Wildman–Crippen LogP) is 0.534. The van der Waals surface area contributed by atoms with E-state index in [1.165, 1.54) is 17.1 Å². The van der Waals surface area contributed by atoms with Crippen LogP contribution < -0.4 is 10.7 Å². The van der Waals surface area contributed by atoms with Crippen molar-refractivity contribution in [3.05, 3.63) is 33.8 Å². The van der Waals surface area contributed by atoms with Gasteiger partial charge in [0.1, 0.15) is 6.23 Å². The fourth-order valence-electron chi connectivity index (χ4n) is 3.19. The van der Waals surface area contributed by atoms with E-state index >= 15 is 0 Å². The Kier molecular flexibility index (Phi) is 16.0. The summed E-state index contributed by atoms with van der Waals surface area (Å²) in [6.45, 7) is 2.96. The van der Waals surface area contributed by atoms with Crippen molar-refractivity contribution in [1.82, 2.24) is 15.6 Å². The van der Waals surface area contributed by atoms with Crippen molar-refractivity contribution in [2.45, 2.75) is 19.1 Å². The molecule has 1 aromatic rings. The van der Waals surface area contributed by atoms with E-state index in [-0.39, 0.29) is 60.0 Å². The van der Waals surface area contributed by atoms with Gasteiger partial charge in [0.05, 0.1) is 75.5 Å². The Hall–Kier alpha value is -2.98. The number of carbonyl (C=O) groups excluding carboxylic acids is 3. The summed E-state index contributed by atoms with van der Waals surface area (Å²) in [4.78, 5) is 36.3. The van der Waals surface area contributed by atoms with Gasteiger partial charge < -0.3 is 44.5 Å². The molecule has 0 radical (unpaired) electrons. The average molecular weight is 621 g/mol. The normalized spacial score (nSPS) is 14.8. The lowest BCUT2D eigenvalue weighted by atomic mass is 10.2. The number of halogens is 2. The Morgan fingerprint density at radius 1 is 0.951 bits per heavy atom. The summed E-state index contributed by atoms with van der Waals surface area (Å²) in [7, 11) is 0. The Morgan fingerprint density at radius 2 is 1.56 bits per heavy atom. The number of nitrogens with one attached hydrogen (secondary N) is 2. The molecule has 41 heavy (non-hydrogen) atoms. The smallest absolute Gasteiger partial charge is 0.248 e. The highest BCUT2D eigenvalue weighted by atomic mass is 35.5. The van der Waals surface area contributed by atoms with Gasteiger partial charge in [-0.2, -0.15) is 5.10 Å². The van der Waals surface area contributed by atoms with Gasteiger partial charge >= 0.3 is 0 Å². The van der Waals surface area contributed by atoms with Gasteiger partial charge in [0.2, 0.25) is 17.7 Å². The molecule has 1 unspecified atom stereocenters. The van der Waals surface area contributed by atoms with Crippen molar-refractivity contribution in [1.29, 1.82) is 0 Å². The summed E-state index contributed by atoms with van der Waals surface area (Å²) in [5, 5.41) is 34.9. The fraction of sp³-hybridized carbons (Fsp3) is 0.520. The molecule has 14 nitrogen and oxygen atoms in total. The fourth-order valence-corrected chi connectivity index (χ4v) is 3.74. The van der Waals surface area contributed by atoms with Crippen molar-refractivity contribution in [3.8, 4) is 11.5 Å². The van der Waals surface area contributed by atoms with Gasteiger partial charge in [-0.25, -0.2) is 5.43 Å². The van der Waals surface area contributed by atoms with Gasteiger partial charge in [-0.3, -0.25) is 14.4 Å². The monoisotopic (exact) mass is 620 g/mol. The van der Waals surface area contributed by atoms with Gasteiger partial charge in [0.25, 0.3) is 0 Å². The second-order valence-electron chi connectivity index (χ2n) is 8.35. The number of hydrazone groups is 1. The molecule has 0 bridgehead atoms. The molecule has 2 rings (SSSR count). The molecular formula is C25H34Cl2N4O10. The number of benzene rings is 1. The number of ether oxygens (including phenoxy) is 4. The number of carbonyl (C=O) groups is 3. The van der Waals surface area contributed by atoms with Crippen LogP contribution in [0.1, 0.15) is 18.4 Å². The second kappa shape index (κ2) is 19.2. The van der Waals surface area contributed by atoms with E-state index in [9.17, 15) is 29.7 Å². The molecule has 0 fully saturated rings. The molecule has 1 aliphatic heterocycles. The summed E-state index contributed by atoms with van der Waals surface area (Å²) in [6, 6.07) is 1.10. The number of phenolic OH excluding ortho intramolecular Hbond substituents is 2. The van der Waals surface area contributed by atoms with Crippen LogP contribution in [0.25, 0.3) is 0 Å². The predicted molar refractivity (Wildman–Crippen MR) is 148 cm³/mol.